The first-order valence-electron chi connectivity index (χ1n) is 13.1. The number of carbonyl (C=O) groups is 1. The van der Waals surface area contributed by atoms with E-state index in [9.17, 15) is 9.59 Å². The number of nitrogens with zero attached hydrogens (tertiary/aromatic N) is 1. The maximum Gasteiger partial charge on any atom is 0.225 e. The zero-order valence-electron chi connectivity index (χ0n) is 19.5. The van der Waals surface area contributed by atoms with Crippen LogP contribution in [0.15, 0.2) is 0 Å². The van der Waals surface area contributed by atoms with Gasteiger partial charge >= 0.3 is 0 Å². The fourth-order valence-corrected chi connectivity index (χ4v) is 9.46. The van der Waals surface area contributed by atoms with Crippen LogP contribution in [0.2, 0.25) is 18.6 Å². The second-order valence-corrected chi connectivity index (χ2v) is 15.9. The molecule has 172 valence electrons. The van der Waals surface area contributed by atoms with Crippen molar-refractivity contribution in [3.05, 3.63) is 0 Å². The average Bonchev–Trinajstić information content (AvgIpc) is 2.77. The Morgan fingerprint density at radius 1 is 0.900 bits per heavy atom. The Kier molecular flexibility index (Phi) is 7.31. The molecule has 0 aromatic carbocycles. The van der Waals surface area contributed by atoms with Crippen LogP contribution in [0.1, 0.15) is 77.0 Å². The highest BCUT2D eigenvalue weighted by Gasteiger charge is 2.45. The standard InChI is InChI=1S/C25H46N2O2Si/c1-30(2,29)22-9-10-23-21(16-22)7-4-8-24(23)25(28)27-13-11-19(12-14-27)20-6-3-5-18(15-20)17-26/h18-24,29H,3-17,26H2,1-2H3. The van der Waals surface area contributed by atoms with Gasteiger partial charge in [0, 0.05) is 19.0 Å². The first kappa shape index (κ1) is 22.8. The van der Waals surface area contributed by atoms with E-state index in [1.54, 1.807) is 0 Å². The summed E-state index contributed by atoms with van der Waals surface area (Å²) in [6, 6.07) is 0. The number of piperidine rings is 1. The molecule has 4 aliphatic rings. The minimum Gasteiger partial charge on any atom is -0.432 e. The Morgan fingerprint density at radius 2 is 1.60 bits per heavy atom. The predicted molar refractivity (Wildman–Crippen MR) is 125 cm³/mol. The molecule has 0 aromatic rings. The van der Waals surface area contributed by atoms with Gasteiger partial charge in [0.2, 0.25) is 5.91 Å². The van der Waals surface area contributed by atoms with Crippen molar-refractivity contribution in [1.29, 1.82) is 0 Å². The number of likely N-dealkylation sites (tertiary alicyclic amines) is 1. The van der Waals surface area contributed by atoms with Crippen LogP contribution in [0.25, 0.3) is 0 Å². The molecular formula is C25H46N2O2Si. The monoisotopic (exact) mass is 434 g/mol. The molecule has 1 saturated heterocycles. The first-order valence-corrected chi connectivity index (χ1v) is 16.1. The highest BCUT2D eigenvalue weighted by Crippen LogP contribution is 2.50. The number of fused-ring (bicyclic) bond motifs is 1. The Bertz CT molecular complexity index is 584. The van der Waals surface area contributed by atoms with Crippen LogP contribution in [0.5, 0.6) is 0 Å². The van der Waals surface area contributed by atoms with Crippen molar-refractivity contribution in [3.8, 4) is 0 Å². The maximum atomic E-state index is 13.5. The van der Waals surface area contributed by atoms with Gasteiger partial charge in [0.05, 0.1) is 0 Å². The van der Waals surface area contributed by atoms with E-state index in [0.29, 0.717) is 23.3 Å². The zero-order valence-corrected chi connectivity index (χ0v) is 20.5. The fourth-order valence-electron chi connectivity index (χ4n) is 7.71. The van der Waals surface area contributed by atoms with E-state index in [-0.39, 0.29) is 5.92 Å². The number of hydrogen-bond donors (Lipinski definition) is 2. The van der Waals surface area contributed by atoms with Crippen LogP contribution in [0.3, 0.4) is 0 Å². The second-order valence-electron chi connectivity index (χ2n) is 11.8. The van der Waals surface area contributed by atoms with Gasteiger partial charge in [0.15, 0.2) is 8.32 Å². The number of carbonyl (C=O) groups excluding carboxylic acids is 1. The van der Waals surface area contributed by atoms with Crippen molar-refractivity contribution >= 4 is 14.2 Å². The van der Waals surface area contributed by atoms with E-state index in [1.807, 2.05) is 0 Å². The molecule has 0 spiro atoms. The Balaban J connectivity index is 1.31. The molecule has 3 N–H and O–H groups in total. The summed E-state index contributed by atoms with van der Waals surface area (Å²) >= 11 is 0. The normalized spacial score (nSPS) is 38.9. The summed E-state index contributed by atoms with van der Waals surface area (Å²) in [7, 11) is -2.05. The Hall–Kier alpha value is -0.393. The van der Waals surface area contributed by atoms with E-state index in [0.717, 1.165) is 50.2 Å². The molecule has 1 amide bonds. The molecule has 3 aliphatic carbocycles. The fraction of sp³-hybridized carbons (Fsp3) is 0.960. The highest BCUT2D eigenvalue weighted by atomic mass is 28.4. The third-order valence-electron chi connectivity index (χ3n) is 9.64. The number of rotatable bonds is 4. The van der Waals surface area contributed by atoms with E-state index >= 15 is 0 Å². The minimum atomic E-state index is -2.05. The van der Waals surface area contributed by atoms with Crippen LogP contribution in [-0.4, -0.2) is 43.6 Å². The number of hydrogen-bond acceptors (Lipinski definition) is 3. The van der Waals surface area contributed by atoms with Gasteiger partial charge in [-0.1, -0.05) is 32.1 Å². The van der Waals surface area contributed by atoms with Crippen molar-refractivity contribution in [1.82, 2.24) is 4.90 Å². The molecule has 0 radical (unpaired) electrons. The molecule has 4 rings (SSSR count). The Labute approximate surface area is 185 Å². The lowest BCUT2D eigenvalue weighted by Gasteiger charge is -2.47. The van der Waals surface area contributed by atoms with E-state index < -0.39 is 8.32 Å². The second kappa shape index (κ2) is 9.62. The third-order valence-corrected chi connectivity index (χ3v) is 12.2. The largest absolute Gasteiger partial charge is 0.432 e. The summed E-state index contributed by atoms with van der Waals surface area (Å²) in [5, 5.41) is 0. The van der Waals surface area contributed by atoms with Crippen LogP contribution in [0.4, 0.5) is 0 Å². The van der Waals surface area contributed by atoms with E-state index in [4.69, 9.17) is 5.73 Å². The molecule has 4 fully saturated rings. The summed E-state index contributed by atoms with van der Waals surface area (Å²) in [4.78, 5) is 26.4. The maximum absolute atomic E-state index is 13.5. The van der Waals surface area contributed by atoms with Crippen molar-refractivity contribution in [2.45, 2.75) is 95.7 Å². The zero-order chi connectivity index (χ0) is 21.3. The van der Waals surface area contributed by atoms with Gasteiger partial charge in [-0.2, -0.15) is 0 Å². The summed E-state index contributed by atoms with van der Waals surface area (Å²) in [6.07, 6.45) is 14.9. The summed E-state index contributed by atoms with van der Waals surface area (Å²) < 4.78 is 0. The molecule has 1 heterocycles. The average molecular weight is 435 g/mol. The molecule has 5 heteroatoms. The van der Waals surface area contributed by atoms with Gasteiger partial charge < -0.3 is 15.4 Å². The minimum absolute atomic E-state index is 0.265. The quantitative estimate of drug-likeness (QED) is 0.626. The molecule has 0 bridgehead atoms. The topological polar surface area (TPSA) is 66.6 Å². The SMILES string of the molecule is C[Si](C)(O)C1CCC2C(CCCC2C(=O)N2CCC(C3CCCC(CN)C3)CC2)C1. The van der Waals surface area contributed by atoms with Crippen molar-refractivity contribution in [3.63, 3.8) is 0 Å². The number of nitrogens with two attached hydrogens (primary N) is 1. The van der Waals surface area contributed by atoms with Gasteiger partial charge in [0.1, 0.15) is 0 Å². The van der Waals surface area contributed by atoms with Gasteiger partial charge in [-0.15, -0.1) is 0 Å². The molecular weight excluding hydrogens is 388 g/mol. The Morgan fingerprint density at radius 3 is 2.30 bits per heavy atom. The van der Waals surface area contributed by atoms with Gasteiger partial charge in [-0.05, 0) is 99.7 Å². The lowest BCUT2D eigenvalue weighted by atomic mass is 9.65. The lowest BCUT2D eigenvalue weighted by molar-refractivity contribution is -0.142. The first-order chi connectivity index (χ1) is 14.4. The summed E-state index contributed by atoms with van der Waals surface area (Å²) in [6.45, 7) is 7.04. The van der Waals surface area contributed by atoms with E-state index in [1.165, 1.54) is 64.2 Å². The highest BCUT2D eigenvalue weighted by molar-refractivity contribution is 6.71. The smallest absolute Gasteiger partial charge is 0.225 e. The van der Waals surface area contributed by atoms with Crippen molar-refractivity contribution in [2.75, 3.05) is 19.6 Å². The van der Waals surface area contributed by atoms with Crippen molar-refractivity contribution in [2.24, 2.45) is 41.2 Å². The summed E-state index contributed by atoms with van der Waals surface area (Å²) in [5.41, 5.74) is 6.50. The van der Waals surface area contributed by atoms with Crippen LogP contribution in [-0.2, 0) is 4.79 Å². The van der Waals surface area contributed by atoms with E-state index in [2.05, 4.69) is 18.0 Å². The van der Waals surface area contributed by atoms with Crippen LogP contribution >= 0.6 is 0 Å². The summed E-state index contributed by atoms with van der Waals surface area (Å²) in [5.74, 6) is 4.41. The molecule has 6 unspecified atom stereocenters. The lowest BCUT2D eigenvalue weighted by Crippen LogP contribution is -2.48. The van der Waals surface area contributed by atoms with Crippen molar-refractivity contribution < 1.29 is 9.59 Å². The molecule has 4 nitrogen and oxygen atoms in total. The molecule has 6 atom stereocenters. The number of amides is 1. The predicted octanol–water partition coefficient (Wildman–Crippen LogP) is 4.77. The molecule has 1 aliphatic heterocycles. The van der Waals surface area contributed by atoms with Gasteiger partial charge in [-0.3, -0.25) is 4.79 Å². The van der Waals surface area contributed by atoms with Crippen LogP contribution < -0.4 is 5.73 Å². The molecule has 3 saturated carbocycles. The van der Waals surface area contributed by atoms with Gasteiger partial charge in [0.25, 0.3) is 0 Å². The molecule has 30 heavy (non-hydrogen) atoms. The molecule has 0 aromatic heterocycles. The third kappa shape index (κ3) is 4.99. The van der Waals surface area contributed by atoms with Gasteiger partial charge in [-0.25, -0.2) is 0 Å². The van der Waals surface area contributed by atoms with Crippen LogP contribution in [0, 0.1) is 35.5 Å².